The van der Waals surface area contributed by atoms with Gasteiger partial charge in [-0.05, 0) is 24.6 Å². The summed E-state index contributed by atoms with van der Waals surface area (Å²) in [7, 11) is 1.93. The number of nitrogens with two attached hydrogens (primary N) is 1. The van der Waals surface area contributed by atoms with E-state index in [1.807, 2.05) is 35.3 Å². The third-order valence-corrected chi connectivity index (χ3v) is 3.96. The maximum atomic E-state index is 6.17. The molecule has 1 atom stereocenters. The molecule has 4 heteroatoms. The first-order chi connectivity index (χ1) is 7.69. The predicted octanol–water partition coefficient (Wildman–Crippen LogP) is 2.29. The van der Waals surface area contributed by atoms with E-state index in [1.165, 1.54) is 9.75 Å². The molecule has 86 valence electrons. The van der Waals surface area contributed by atoms with Gasteiger partial charge in [0.05, 0.1) is 5.69 Å². The highest BCUT2D eigenvalue weighted by Crippen LogP contribution is 2.24. The first kappa shape index (κ1) is 11.4. The highest BCUT2D eigenvalue weighted by atomic mass is 32.1. The lowest BCUT2D eigenvalue weighted by Gasteiger charge is -2.06. The van der Waals surface area contributed by atoms with Crippen molar-refractivity contribution in [1.82, 2.24) is 9.78 Å². The van der Waals surface area contributed by atoms with Crippen LogP contribution in [0.1, 0.15) is 28.4 Å². The van der Waals surface area contributed by atoms with Crippen LogP contribution in [0.15, 0.2) is 24.4 Å². The van der Waals surface area contributed by atoms with Crippen molar-refractivity contribution in [3.05, 3.63) is 39.8 Å². The molecule has 1 unspecified atom stereocenters. The highest BCUT2D eigenvalue weighted by Gasteiger charge is 2.11. The molecule has 0 bridgehead atoms. The molecule has 2 heterocycles. The van der Waals surface area contributed by atoms with Crippen LogP contribution in [-0.4, -0.2) is 9.78 Å². The van der Waals surface area contributed by atoms with Crippen LogP contribution in [0.3, 0.4) is 0 Å². The van der Waals surface area contributed by atoms with Crippen LogP contribution < -0.4 is 5.73 Å². The van der Waals surface area contributed by atoms with Gasteiger partial charge in [0.25, 0.3) is 0 Å². The average molecular weight is 235 g/mol. The molecular formula is C12H17N3S. The van der Waals surface area contributed by atoms with Crippen molar-refractivity contribution in [3.8, 4) is 0 Å². The molecule has 0 radical (unpaired) electrons. The van der Waals surface area contributed by atoms with Gasteiger partial charge in [0, 0.05) is 35.5 Å². The number of hydrogen-bond donors (Lipinski definition) is 1. The predicted molar refractivity (Wildman–Crippen MR) is 67.5 cm³/mol. The van der Waals surface area contributed by atoms with Gasteiger partial charge in [-0.3, -0.25) is 4.68 Å². The molecule has 0 fully saturated rings. The SMILES string of the molecule is CCc1ccc(C(N)Cc2ccn(C)n2)s1. The molecule has 3 nitrogen and oxygen atoms in total. The van der Waals surface area contributed by atoms with Crippen molar-refractivity contribution in [3.63, 3.8) is 0 Å². The van der Waals surface area contributed by atoms with Gasteiger partial charge in [0.2, 0.25) is 0 Å². The Labute approximate surface area is 99.9 Å². The Kier molecular flexibility index (Phi) is 3.41. The van der Waals surface area contributed by atoms with Crippen molar-refractivity contribution >= 4 is 11.3 Å². The summed E-state index contributed by atoms with van der Waals surface area (Å²) in [5, 5.41) is 4.34. The Hall–Kier alpha value is -1.13. The summed E-state index contributed by atoms with van der Waals surface area (Å²) >= 11 is 1.81. The lowest BCUT2D eigenvalue weighted by atomic mass is 10.1. The van der Waals surface area contributed by atoms with E-state index >= 15 is 0 Å². The molecule has 2 aromatic heterocycles. The molecule has 0 aliphatic heterocycles. The average Bonchev–Trinajstić information content (AvgIpc) is 2.87. The Morgan fingerprint density at radius 1 is 1.44 bits per heavy atom. The first-order valence-corrected chi connectivity index (χ1v) is 6.33. The van der Waals surface area contributed by atoms with E-state index in [1.54, 1.807) is 0 Å². The summed E-state index contributed by atoms with van der Waals surface area (Å²) in [6.45, 7) is 2.17. The quantitative estimate of drug-likeness (QED) is 0.883. The van der Waals surface area contributed by atoms with Crippen LogP contribution in [0.5, 0.6) is 0 Å². The lowest BCUT2D eigenvalue weighted by molar-refractivity contribution is 0.683. The fourth-order valence-corrected chi connectivity index (χ4v) is 2.64. The number of aryl methyl sites for hydroxylation is 2. The number of aromatic nitrogens is 2. The standard InChI is InChI=1S/C12H17N3S/c1-3-10-4-5-12(16-10)11(13)8-9-6-7-15(2)14-9/h4-7,11H,3,8,13H2,1-2H3. The smallest absolute Gasteiger partial charge is 0.0643 e. The second-order valence-electron chi connectivity index (χ2n) is 3.95. The molecule has 0 amide bonds. The second kappa shape index (κ2) is 4.80. The van der Waals surface area contributed by atoms with Gasteiger partial charge in [0.1, 0.15) is 0 Å². The normalized spacial score (nSPS) is 12.9. The Morgan fingerprint density at radius 3 is 2.81 bits per heavy atom. The van der Waals surface area contributed by atoms with E-state index < -0.39 is 0 Å². The summed E-state index contributed by atoms with van der Waals surface area (Å²) in [5.41, 5.74) is 7.22. The second-order valence-corrected chi connectivity index (χ2v) is 5.15. The maximum absolute atomic E-state index is 6.17. The zero-order valence-corrected chi connectivity index (χ0v) is 10.5. The molecule has 2 N–H and O–H groups in total. The van der Waals surface area contributed by atoms with Crippen LogP contribution in [-0.2, 0) is 19.9 Å². The third-order valence-electron chi connectivity index (χ3n) is 2.59. The zero-order valence-electron chi connectivity index (χ0n) is 9.68. The molecule has 0 aliphatic carbocycles. The van der Waals surface area contributed by atoms with E-state index in [0.717, 1.165) is 18.5 Å². The maximum Gasteiger partial charge on any atom is 0.0643 e. The molecule has 0 aliphatic rings. The van der Waals surface area contributed by atoms with E-state index in [4.69, 9.17) is 5.73 Å². The number of thiophene rings is 1. The van der Waals surface area contributed by atoms with Gasteiger partial charge in [-0.15, -0.1) is 11.3 Å². The van der Waals surface area contributed by atoms with Crippen molar-refractivity contribution in [2.45, 2.75) is 25.8 Å². The molecule has 16 heavy (non-hydrogen) atoms. The van der Waals surface area contributed by atoms with Gasteiger partial charge < -0.3 is 5.73 Å². The fraction of sp³-hybridized carbons (Fsp3) is 0.417. The van der Waals surface area contributed by atoms with Gasteiger partial charge in [-0.25, -0.2) is 0 Å². The summed E-state index contributed by atoms with van der Waals surface area (Å²) in [6.07, 6.45) is 3.85. The van der Waals surface area contributed by atoms with Crippen LogP contribution in [0.25, 0.3) is 0 Å². The Bertz CT molecular complexity index is 458. The van der Waals surface area contributed by atoms with E-state index in [2.05, 4.69) is 24.2 Å². The van der Waals surface area contributed by atoms with Crippen molar-refractivity contribution in [2.24, 2.45) is 12.8 Å². The summed E-state index contributed by atoms with van der Waals surface area (Å²) in [4.78, 5) is 2.65. The van der Waals surface area contributed by atoms with Crippen LogP contribution in [0.4, 0.5) is 0 Å². The molecular weight excluding hydrogens is 218 g/mol. The van der Waals surface area contributed by atoms with Gasteiger partial charge in [0.15, 0.2) is 0 Å². The van der Waals surface area contributed by atoms with Crippen molar-refractivity contribution in [2.75, 3.05) is 0 Å². The zero-order chi connectivity index (χ0) is 11.5. The summed E-state index contributed by atoms with van der Waals surface area (Å²) in [5.74, 6) is 0. The Balaban J connectivity index is 2.05. The Morgan fingerprint density at radius 2 is 2.25 bits per heavy atom. The van der Waals surface area contributed by atoms with Gasteiger partial charge in [-0.2, -0.15) is 5.10 Å². The molecule has 2 aromatic rings. The summed E-state index contributed by atoms with van der Waals surface area (Å²) < 4.78 is 1.81. The van der Waals surface area contributed by atoms with Crippen LogP contribution in [0.2, 0.25) is 0 Å². The minimum atomic E-state index is 0.0696. The number of hydrogen-bond acceptors (Lipinski definition) is 3. The third kappa shape index (κ3) is 2.51. The minimum absolute atomic E-state index is 0.0696. The van der Waals surface area contributed by atoms with Gasteiger partial charge >= 0.3 is 0 Å². The fourth-order valence-electron chi connectivity index (χ4n) is 1.68. The molecule has 0 spiro atoms. The van der Waals surface area contributed by atoms with Crippen LogP contribution >= 0.6 is 11.3 Å². The number of rotatable bonds is 4. The largest absolute Gasteiger partial charge is 0.323 e. The minimum Gasteiger partial charge on any atom is -0.323 e. The lowest BCUT2D eigenvalue weighted by Crippen LogP contribution is -2.12. The van der Waals surface area contributed by atoms with E-state index in [-0.39, 0.29) is 6.04 Å². The molecule has 0 saturated carbocycles. The topological polar surface area (TPSA) is 43.8 Å². The van der Waals surface area contributed by atoms with Crippen LogP contribution in [0, 0.1) is 0 Å². The van der Waals surface area contributed by atoms with Crippen molar-refractivity contribution < 1.29 is 0 Å². The molecule has 0 saturated heterocycles. The van der Waals surface area contributed by atoms with E-state index in [9.17, 15) is 0 Å². The highest BCUT2D eigenvalue weighted by molar-refractivity contribution is 7.12. The summed E-state index contributed by atoms with van der Waals surface area (Å²) in [6, 6.07) is 6.39. The first-order valence-electron chi connectivity index (χ1n) is 5.51. The number of nitrogens with zero attached hydrogens (tertiary/aromatic N) is 2. The van der Waals surface area contributed by atoms with Gasteiger partial charge in [-0.1, -0.05) is 6.92 Å². The monoisotopic (exact) mass is 235 g/mol. The van der Waals surface area contributed by atoms with E-state index in [0.29, 0.717) is 0 Å². The van der Waals surface area contributed by atoms with Crippen molar-refractivity contribution in [1.29, 1.82) is 0 Å². The molecule has 0 aromatic carbocycles. The molecule has 2 rings (SSSR count).